The van der Waals surface area contributed by atoms with Crippen molar-refractivity contribution in [1.82, 2.24) is 9.88 Å². The zero-order valence-corrected chi connectivity index (χ0v) is 17.3. The Morgan fingerprint density at radius 1 is 1.14 bits per heavy atom. The van der Waals surface area contributed by atoms with Crippen molar-refractivity contribution in [2.45, 2.75) is 50.0 Å². The number of fused-ring (bicyclic) bond motifs is 2. The van der Waals surface area contributed by atoms with Crippen molar-refractivity contribution in [3.8, 4) is 0 Å². The van der Waals surface area contributed by atoms with E-state index in [-0.39, 0.29) is 0 Å². The summed E-state index contributed by atoms with van der Waals surface area (Å²) in [6.07, 6.45) is 7.91. The Hall–Kier alpha value is -2.25. The molecule has 1 unspecified atom stereocenters. The van der Waals surface area contributed by atoms with E-state index in [0.717, 1.165) is 49.9 Å². The fourth-order valence-electron chi connectivity index (χ4n) is 4.19. The van der Waals surface area contributed by atoms with Crippen molar-refractivity contribution in [1.29, 1.82) is 0 Å². The highest BCUT2D eigenvalue weighted by molar-refractivity contribution is 7.75. The second-order valence-corrected chi connectivity index (χ2v) is 9.04. The molecule has 0 spiro atoms. The number of hydrogen-bond donors (Lipinski definition) is 2. The topological polar surface area (TPSA) is 74.7 Å². The largest absolute Gasteiger partial charge is 0.353 e. The van der Waals surface area contributed by atoms with E-state index in [0.29, 0.717) is 11.4 Å². The van der Waals surface area contributed by atoms with Crippen molar-refractivity contribution in [3.05, 3.63) is 52.3 Å². The monoisotopic (exact) mass is 398 g/mol. The molecule has 4 rings (SSSR count). The molecule has 1 aromatic heterocycles. The third-order valence-corrected chi connectivity index (χ3v) is 6.46. The highest BCUT2D eigenvalue weighted by Crippen LogP contribution is 2.38. The van der Waals surface area contributed by atoms with Gasteiger partial charge in [-0.2, -0.15) is 0 Å². The molecule has 7 heteroatoms. The lowest BCUT2D eigenvalue weighted by molar-refractivity contribution is 0.260. The van der Waals surface area contributed by atoms with E-state index in [4.69, 9.17) is 0 Å². The Bertz CT molecular complexity index is 960. The smallest absolute Gasteiger partial charge is 0.305 e. The summed E-state index contributed by atoms with van der Waals surface area (Å²) in [6, 6.07) is 5.35. The molecule has 2 aliphatic rings. The molecule has 0 aliphatic heterocycles. The second-order valence-electron chi connectivity index (χ2n) is 7.78. The van der Waals surface area contributed by atoms with E-state index in [2.05, 4.69) is 20.7 Å². The maximum absolute atomic E-state index is 12.5. The zero-order chi connectivity index (χ0) is 19.7. The number of anilines is 1. The van der Waals surface area contributed by atoms with Gasteiger partial charge in [0.1, 0.15) is 0 Å². The van der Waals surface area contributed by atoms with Gasteiger partial charge in [-0.15, -0.1) is 4.36 Å². The number of hydrogen-bond acceptors (Lipinski definition) is 4. The molecule has 1 N–H and O–H groups in total. The minimum absolute atomic E-state index is 0.469. The molecule has 1 heterocycles. The molecule has 6 nitrogen and oxygen atoms in total. The molecule has 0 saturated carbocycles. The van der Waals surface area contributed by atoms with Crippen LogP contribution in [0.15, 0.2) is 33.7 Å². The Labute approximate surface area is 167 Å². The fraction of sp³-hybridized carbons (Fsp3) is 0.429. The summed E-state index contributed by atoms with van der Waals surface area (Å²) in [4.78, 5) is 19.3. The van der Waals surface area contributed by atoms with Gasteiger partial charge in [-0.05, 0) is 87.0 Å². The molecular weight excluding hydrogens is 372 g/mol. The van der Waals surface area contributed by atoms with Crippen LogP contribution in [0.1, 0.15) is 40.8 Å². The van der Waals surface area contributed by atoms with Gasteiger partial charge >= 0.3 is 6.03 Å². The number of benzene rings is 1. The van der Waals surface area contributed by atoms with Gasteiger partial charge in [0.05, 0.1) is 21.2 Å². The Morgan fingerprint density at radius 2 is 1.82 bits per heavy atom. The number of pyridine rings is 1. The fourth-order valence-corrected chi connectivity index (χ4v) is 4.88. The first-order valence-corrected chi connectivity index (χ1v) is 11.0. The maximum atomic E-state index is 12.5. The number of carbonyl (C=O) groups excluding carboxylic acids is 1. The van der Waals surface area contributed by atoms with E-state index >= 15 is 0 Å². The molecular formula is C21H26N4O2S. The maximum Gasteiger partial charge on any atom is 0.353 e. The van der Waals surface area contributed by atoms with Crippen LogP contribution in [0.25, 0.3) is 0 Å². The van der Waals surface area contributed by atoms with Gasteiger partial charge in [0, 0.05) is 18.4 Å². The zero-order valence-electron chi connectivity index (χ0n) is 16.4. The predicted molar refractivity (Wildman–Crippen MR) is 111 cm³/mol. The molecule has 2 aromatic rings. The third-order valence-electron chi connectivity index (χ3n) is 5.39. The number of aromatic nitrogens is 1. The molecule has 1 atom stereocenters. The molecule has 0 saturated heterocycles. The van der Waals surface area contributed by atoms with Gasteiger partial charge in [-0.3, -0.25) is 4.98 Å². The van der Waals surface area contributed by atoms with Crippen LogP contribution in [-0.4, -0.2) is 34.2 Å². The lowest BCUT2D eigenvalue weighted by Gasteiger charge is -2.14. The Balaban J connectivity index is 1.54. The number of rotatable bonds is 4. The Kier molecular flexibility index (Phi) is 5.46. The number of nitrogens with one attached hydrogen (secondary N) is 1. The lowest BCUT2D eigenvalue weighted by atomic mass is 9.99. The summed E-state index contributed by atoms with van der Waals surface area (Å²) < 4.78 is 16.4. The highest BCUT2D eigenvalue weighted by Gasteiger charge is 2.24. The van der Waals surface area contributed by atoms with E-state index in [1.165, 1.54) is 22.3 Å². The molecule has 28 heavy (non-hydrogen) atoms. The standard InChI is InChI=1S/C21H26N4O2S/c1-25(2)13-16-9-10-17(12-22-16)28(27)24-21(26)23-20-18-7-3-5-14(18)11-15-6-4-8-19(15)20/h9-12,28H,3-8,13H2,1-2H3,(H,23,26). The van der Waals surface area contributed by atoms with E-state index in [9.17, 15) is 9.00 Å². The van der Waals surface area contributed by atoms with Gasteiger partial charge in [0.2, 0.25) is 0 Å². The van der Waals surface area contributed by atoms with E-state index in [1.807, 2.05) is 25.1 Å². The molecule has 0 fully saturated rings. The average Bonchev–Trinajstić information content (AvgIpc) is 3.30. The first-order valence-electron chi connectivity index (χ1n) is 9.77. The summed E-state index contributed by atoms with van der Waals surface area (Å²) in [6.45, 7) is 0.707. The first kappa shape index (κ1) is 19.1. The molecule has 0 radical (unpaired) electrons. The van der Waals surface area contributed by atoms with E-state index in [1.54, 1.807) is 12.3 Å². The van der Waals surface area contributed by atoms with Crippen LogP contribution in [0.3, 0.4) is 0 Å². The molecule has 1 aromatic carbocycles. The lowest BCUT2D eigenvalue weighted by Crippen LogP contribution is -2.12. The van der Waals surface area contributed by atoms with Crippen LogP contribution in [0.2, 0.25) is 0 Å². The summed E-state index contributed by atoms with van der Waals surface area (Å²) in [5.41, 5.74) is 7.00. The summed E-state index contributed by atoms with van der Waals surface area (Å²) >= 11 is 0. The van der Waals surface area contributed by atoms with Gasteiger partial charge in [-0.25, -0.2) is 9.00 Å². The summed E-state index contributed by atoms with van der Waals surface area (Å²) in [7, 11) is 1.76. The number of aryl methyl sites for hydroxylation is 2. The number of carbonyl (C=O) groups is 1. The van der Waals surface area contributed by atoms with Crippen molar-refractivity contribution in [2.24, 2.45) is 4.36 Å². The first-order chi connectivity index (χ1) is 13.5. The van der Waals surface area contributed by atoms with Gasteiger partial charge in [0.15, 0.2) is 0 Å². The number of urea groups is 1. The molecule has 0 bridgehead atoms. The number of thiol groups is 1. The number of nitrogens with zero attached hydrogens (tertiary/aromatic N) is 3. The van der Waals surface area contributed by atoms with Crippen LogP contribution < -0.4 is 5.32 Å². The van der Waals surface area contributed by atoms with Crippen LogP contribution in [0.5, 0.6) is 0 Å². The third kappa shape index (κ3) is 3.95. The highest BCUT2D eigenvalue weighted by atomic mass is 32.2. The molecule has 2 amide bonds. The molecule has 2 aliphatic carbocycles. The minimum atomic E-state index is -2.17. The van der Waals surface area contributed by atoms with Crippen molar-refractivity contribution in [2.75, 3.05) is 19.4 Å². The van der Waals surface area contributed by atoms with Gasteiger partial charge in [0.25, 0.3) is 0 Å². The summed E-state index contributed by atoms with van der Waals surface area (Å²) in [5, 5.41) is 2.96. The van der Waals surface area contributed by atoms with Crippen LogP contribution in [-0.2, 0) is 42.8 Å². The predicted octanol–water partition coefficient (Wildman–Crippen LogP) is 3.38. The second kappa shape index (κ2) is 8.01. The normalized spacial score (nSPS) is 16.2. The van der Waals surface area contributed by atoms with Crippen LogP contribution >= 0.6 is 0 Å². The van der Waals surface area contributed by atoms with Gasteiger partial charge < -0.3 is 10.2 Å². The Morgan fingerprint density at radius 3 is 2.39 bits per heavy atom. The average molecular weight is 399 g/mol. The van der Waals surface area contributed by atoms with Crippen molar-refractivity contribution in [3.63, 3.8) is 0 Å². The number of amides is 2. The van der Waals surface area contributed by atoms with Crippen molar-refractivity contribution >= 4 is 22.3 Å². The minimum Gasteiger partial charge on any atom is -0.305 e. The van der Waals surface area contributed by atoms with Crippen molar-refractivity contribution < 1.29 is 9.00 Å². The molecule has 148 valence electrons. The van der Waals surface area contributed by atoms with Crippen LogP contribution in [0.4, 0.5) is 10.5 Å². The van der Waals surface area contributed by atoms with E-state index < -0.39 is 16.6 Å². The van der Waals surface area contributed by atoms with Crippen LogP contribution in [0, 0.1) is 0 Å². The quantitative estimate of drug-likeness (QED) is 0.775. The SMILES string of the molecule is CN(C)Cc1ccc(/[SH](=O)=N/C(=O)Nc2c3c(cc4c2CCC4)CCC3)cn1. The summed E-state index contributed by atoms with van der Waals surface area (Å²) in [5.74, 6) is 0. The van der Waals surface area contributed by atoms with Gasteiger partial charge in [-0.1, -0.05) is 6.07 Å².